The second-order valence-corrected chi connectivity index (χ2v) is 9.22. The second kappa shape index (κ2) is 11.2. The van der Waals surface area contributed by atoms with E-state index in [0.29, 0.717) is 24.6 Å². The third-order valence-corrected chi connectivity index (χ3v) is 6.76. The lowest BCUT2D eigenvalue weighted by molar-refractivity contribution is -0.121. The average Bonchev–Trinajstić information content (AvgIpc) is 3.02. The molecule has 176 valence electrons. The van der Waals surface area contributed by atoms with Gasteiger partial charge in [0.25, 0.3) is 0 Å². The van der Waals surface area contributed by atoms with Gasteiger partial charge in [0.05, 0.1) is 5.56 Å². The van der Waals surface area contributed by atoms with Crippen LogP contribution in [0, 0.1) is 5.82 Å². The predicted molar refractivity (Wildman–Crippen MR) is 130 cm³/mol. The Morgan fingerprint density at radius 3 is 2.59 bits per heavy atom. The van der Waals surface area contributed by atoms with Gasteiger partial charge in [-0.25, -0.2) is 9.18 Å². The molecule has 1 amide bonds. The Kier molecular flexibility index (Phi) is 7.82. The number of carbonyl (C=O) groups is 2. The van der Waals surface area contributed by atoms with Gasteiger partial charge in [0.2, 0.25) is 5.91 Å². The number of carboxylic acid groups (broad SMARTS) is 1. The van der Waals surface area contributed by atoms with Crippen LogP contribution in [0.5, 0.6) is 11.5 Å². The number of halogens is 1. The number of rotatable bonds is 8. The van der Waals surface area contributed by atoms with Crippen LogP contribution in [-0.2, 0) is 11.3 Å². The molecule has 1 heterocycles. The summed E-state index contributed by atoms with van der Waals surface area (Å²) in [6, 6.07) is 20.0. The molecule has 0 bridgehead atoms. The molecular formula is C26H25FN2O4S. The highest BCUT2D eigenvalue weighted by molar-refractivity contribution is 8.00. The molecule has 1 aliphatic rings. The Morgan fingerprint density at radius 2 is 1.85 bits per heavy atom. The molecule has 3 aromatic rings. The highest BCUT2D eigenvalue weighted by Gasteiger charge is 2.27. The maximum absolute atomic E-state index is 13.1. The van der Waals surface area contributed by atoms with Crippen molar-refractivity contribution in [1.82, 2.24) is 10.6 Å². The Morgan fingerprint density at radius 1 is 1.09 bits per heavy atom. The molecule has 8 heteroatoms. The van der Waals surface area contributed by atoms with Crippen molar-refractivity contribution in [3.05, 3.63) is 95.3 Å². The van der Waals surface area contributed by atoms with Gasteiger partial charge in [0.1, 0.15) is 22.6 Å². The van der Waals surface area contributed by atoms with E-state index in [1.165, 1.54) is 12.1 Å². The topological polar surface area (TPSA) is 87.7 Å². The number of thioether (sulfide) groups is 1. The highest BCUT2D eigenvalue weighted by Crippen LogP contribution is 2.34. The fourth-order valence-corrected chi connectivity index (χ4v) is 4.90. The Balaban J connectivity index is 1.32. The van der Waals surface area contributed by atoms with Gasteiger partial charge in [-0.05, 0) is 71.8 Å². The summed E-state index contributed by atoms with van der Waals surface area (Å²) in [5.41, 5.74) is 2.10. The molecule has 34 heavy (non-hydrogen) atoms. The third-order valence-electron chi connectivity index (χ3n) is 5.47. The lowest BCUT2D eigenvalue weighted by atomic mass is 10.1. The first-order chi connectivity index (χ1) is 16.5. The molecule has 2 atom stereocenters. The van der Waals surface area contributed by atoms with E-state index in [4.69, 9.17) is 9.84 Å². The SMILES string of the molecule is O=C(O)c1ccc(CNC[C@@H]2CCS[C@H](c3cccc(Oc4ccc(F)cc4)c3)C(=O)N2)cc1. The molecule has 3 aromatic carbocycles. The number of benzene rings is 3. The quantitative estimate of drug-likeness (QED) is 0.431. The molecule has 1 fully saturated rings. The van der Waals surface area contributed by atoms with Crippen molar-refractivity contribution in [2.75, 3.05) is 12.3 Å². The summed E-state index contributed by atoms with van der Waals surface area (Å²) < 4.78 is 18.9. The number of carboxylic acids is 1. The lowest BCUT2D eigenvalue weighted by Crippen LogP contribution is -2.42. The number of hydrogen-bond donors (Lipinski definition) is 3. The summed E-state index contributed by atoms with van der Waals surface area (Å²) in [5, 5.41) is 15.1. The third kappa shape index (κ3) is 6.36. The van der Waals surface area contributed by atoms with Crippen LogP contribution in [0.15, 0.2) is 72.8 Å². The van der Waals surface area contributed by atoms with Crippen molar-refractivity contribution >= 4 is 23.6 Å². The first kappa shape index (κ1) is 23.8. The smallest absolute Gasteiger partial charge is 0.335 e. The van der Waals surface area contributed by atoms with Gasteiger partial charge in [0.15, 0.2) is 0 Å². The largest absolute Gasteiger partial charge is 0.478 e. The maximum Gasteiger partial charge on any atom is 0.335 e. The number of ether oxygens (including phenoxy) is 1. The van der Waals surface area contributed by atoms with Crippen LogP contribution in [0.3, 0.4) is 0 Å². The summed E-state index contributed by atoms with van der Waals surface area (Å²) in [5.74, 6) is 0.632. The number of aromatic carboxylic acids is 1. The van der Waals surface area contributed by atoms with Crippen LogP contribution >= 0.6 is 11.8 Å². The second-order valence-electron chi connectivity index (χ2n) is 8.01. The van der Waals surface area contributed by atoms with Crippen LogP contribution in [0.4, 0.5) is 4.39 Å². The fourth-order valence-electron chi connectivity index (χ4n) is 3.69. The summed E-state index contributed by atoms with van der Waals surface area (Å²) in [7, 11) is 0. The van der Waals surface area contributed by atoms with Gasteiger partial charge in [-0.3, -0.25) is 4.79 Å². The van der Waals surface area contributed by atoms with Crippen molar-refractivity contribution in [2.24, 2.45) is 0 Å². The van der Waals surface area contributed by atoms with E-state index in [1.54, 1.807) is 48.2 Å². The van der Waals surface area contributed by atoms with Crippen molar-refractivity contribution in [3.8, 4) is 11.5 Å². The summed E-state index contributed by atoms with van der Waals surface area (Å²) in [6.07, 6.45) is 0.837. The minimum atomic E-state index is -0.944. The maximum atomic E-state index is 13.1. The zero-order valence-corrected chi connectivity index (χ0v) is 19.2. The highest BCUT2D eigenvalue weighted by atomic mass is 32.2. The number of hydrogen-bond acceptors (Lipinski definition) is 5. The van der Waals surface area contributed by atoms with E-state index in [9.17, 15) is 14.0 Å². The lowest BCUT2D eigenvalue weighted by Gasteiger charge is -2.18. The zero-order chi connectivity index (χ0) is 23.9. The predicted octanol–water partition coefficient (Wildman–Crippen LogP) is 4.77. The van der Waals surface area contributed by atoms with Gasteiger partial charge >= 0.3 is 5.97 Å². The van der Waals surface area contributed by atoms with Gasteiger partial charge < -0.3 is 20.5 Å². The summed E-state index contributed by atoms with van der Waals surface area (Å²) in [4.78, 5) is 23.9. The van der Waals surface area contributed by atoms with E-state index in [-0.39, 0.29) is 28.6 Å². The first-order valence-electron chi connectivity index (χ1n) is 11.0. The molecule has 1 aliphatic heterocycles. The minimum Gasteiger partial charge on any atom is -0.478 e. The van der Waals surface area contributed by atoms with Gasteiger partial charge in [-0.15, -0.1) is 11.8 Å². The molecule has 6 nitrogen and oxygen atoms in total. The molecule has 0 radical (unpaired) electrons. The van der Waals surface area contributed by atoms with Crippen LogP contribution < -0.4 is 15.4 Å². The monoisotopic (exact) mass is 480 g/mol. The Bertz CT molecular complexity index is 1140. The first-order valence-corrected chi connectivity index (χ1v) is 12.0. The van der Waals surface area contributed by atoms with E-state index in [0.717, 1.165) is 23.3 Å². The van der Waals surface area contributed by atoms with Crippen molar-refractivity contribution in [3.63, 3.8) is 0 Å². The molecule has 1 saturated heterocycles. The van der Waals surface area contributed by atoms with Crippen LogP contribution in [0.2, 0.25) is 0 Å². The molecule has 3 N–H and O–H groups in total. The van der Waals surface area contributed by atoms with Gasteiger partial charge in [-0.1, -0.05) is 24.3 Å². The standard InChI is InChI=1S/C26H25FN2O4S/c27-20-8-10-22(11-9-20)33-23-3-1-2-19(14-23)24-25(30)29-21(12-13-34-24)16-28-15-17-4-6-18(7-5-17)26(31)32/h1-11,14,21,24,28H,12-13,15-16H2,(H,29,30)(H,31,32)/t21-,24+/m0/s1. The van der Waals surface area contributed by atoms with Crippen molar-refractivity contribution < 1.29 is 23.8 Å². The molecule has 0 unspecified atom stereocenters. The molecule has 4 rings (SSSR count). The van der Waals surface area contributed by atoms with Crippen LogP contribution in [-0.4, -0.2) is 35.3 Å². The van der Waals surface area contributed by atoms with Crippen molar-refractivity contribution in [1.29, 1.82) is 0 Å². The van der Waals surface area contributed by atoms with E-state index in [2.05, 4.69) is 10.6 Å². The Labute approximate surface area is 201 Å². The van der Waals surface area contributed by atoms with Crippen LogP contribution in [0.25, 0.3) is 0 Å². The number of nitrogens with one attached hydrogen (secondary N) is 2. The molecular weight excluding hydrogens is 455 g/mol. The van der Waals surface area contributed by atoms with Gasteiger partial charge in [-0.2, -0.15) is 0 Å². The van der Waals surface area contributed by atoms with E-state index < -0.39 is 5.97 Å². The average molecular weight is 481 g/mol. The number of amides is 1. The summed E-state index contributed by atoms with van der Waals surface area (Å²) >= 11 is 1.60. The molecule has 0 saturated carbocycles. The normalized spacial score (nSPS) is 18.1. The Hall–Kier alpha value is -3.36. The zero-order valence-electron chi connectivity index (χ0n) is 18.4. The van der Waals surface area contributed by atoms with Gasteiger partial charge in [0, 0.05) is 19.1 Å². The van der Waals surface area contributed by atoms with E-state index >= 15 is 0 Å². The molecule has 0 spiro atoms. The fraction of sp³-hybridized carbons (Fsp3) is 0.231. The van der Waals surface area contributed by atoms with Crippen LogP contribution in [0.1, 0.15) is 33.2 Å². The molecule has 0 aliphatic carbocycles. The number of carbonyl (C=O) groups excluding carboxylic acids is 1. The minimum absolute atomic E-state index is 0.00180. The van der Waals surface area contributed by atoms with E-state index in [1.807, 2.05) is 24.3 Å². The summed E-state index contributed by atoms with van der Waals surface area (Å²) in [6.45, 7) is 1.21. The molecule has 0 aromatic heterocycles. The van der Waals surface area contributed by atoms with Crippen molar-refractivity contribution in [2.45, 2.75) is 24.3 Å².